The van der Waals surface area contributed by atoms with Crippen molar-refractivity contribution in [2.24, 2.45) is 0 Å². The summed E-state index contributed by atoms with van der Waals surface area (Å²) in [4.78, 5) is 14.4. The number of halogens is 3. The summed E-state index contributed by atoms with van der Waals surface area (Å²) in [5.41, 5.74) is 3.65. The van der Waals surface area contributed by atoms with Crippen LogP contribution >= 0.6 is 12.4 Å². The number of carbonyl (C=O) groups excluding carboxylic acids is 1. The Kier molecular flexibility index (Phi) is 6.80. The van der Waals surface area contributed by atoms with Gasteiger partial charge in [-0.25, -0.2) is 0 Å². The van der Waals surface area contributed by atoms with Gasteiger partial charge < -0.3 is 15.0 Å². The molecule has 26 heavy (non-hydrogen) atoms. The van der Waals surface area contributed by atoms with Gasteiger partial charge in [-0.2, -0.15) is 8.78 Å². The summed E-state index contributed by atoms with van der Waals surface area (Å²) in [6.45, 7) is -1.52. The quantitative estimate of drug-likeness (QED) is 0.836. The molecule has 2 aromatic rings. The van der Waals surface area contributed by atoms with Crippen LogP contribution in [0.2, 0.25) is 0 Å². The first-order valence-corrected chi connectivity index (χ1v) is 8.19. The van der Waals surface area contributed by atoms with E-state index in [4.69, 9.17) is 0 Å². The summed E-state index contributed by atoms with van der Waals surface area (Å²) in [7, 11) is 1.74. The first-order chi connectivity index (χ1) is 12.0. The minimum absolute atomic E-state index is 0. The number of hydrogen-bond donors (Lipinski definition) is 1. The first-order valence-electron chi connectivity index (χ1n) is 8.19. The molecule has 3 rings (SSSR count). The molecule has 0 bridgehead atoms. The van der Waals surface area contributed by atoms with Gasteiger partial charge in [0.15, 0.2) is 0 Å². The summed E-state index contributed by atoms with van der Waals surface area (Å²) < 4.78 is 28.7. The molecular weight excluding hydrogens is 362 g/mol. The zero-order chi connectivity index (χ0) is 17.8. The molecule has 0 radical (unpaired) electrons. The minimum Gasteiger partial charge on any atom is -0.435 e. The maximum atomic E-state index is 12.8. The van der Waals surface area contributed by atoms with Crippen molar-refractivity contribution in [3.05, 3.63) is 59.2 Å². The van der Waals surface area contributed by atoms with Crippen molar-refractivity contribution in [2.75, 3.05) is 18.9 Å². The Balaban J connectivity index is 0.00000243. The zero-order valence-electron chi connectivity index (χ0n) is 14.4. The number of nitrogens with one attached hydrogen (secondary N) is 1. The highest BCUT2D eigenvalue weighted by molar-refractivity contribution is 5.97. The van der Waals surface area contributed by atoms with Crippen molar-refractivity contribution in [3.8, 4) is 5.75 Å². The van der Waals surface area contributed by atoms with E-state index in [0.29, 0.717) is 12.1 Å². The van der Waals surface area contributed by atoms with Crippen LogP contribution in [0.3, 0.4) is 0 Å². The molecule has 0 saturated carbocycles. The fraction of sp³-hybridized carbons (Fsp3) is 0.316. The molecule has 1 N–H and O–H groups in total. The molecule has 2 aromatic carbocycles. The predicted molar refractivity (Wildman–Crippen MR) is 99.4 cm³/mol. The molecule has 0 atom stereocenters. The Morgan fingerprint density at radius 2 is 1.96 bits per heavy atom. The fourth-order valence-electron chi connectivity index (χ4n) is 3.04. The first kappa shape index (κ1) is 20.0. The highest BCUT2D eigenvalue weighted by Crippen LogP contribution is 2.26. The second-order valence-corrected chi connectivity index (χ2v) is 6.05. The van der Waals surface area contributed by atoms with Crippen molar-refractivity contribution in [2.45, 2.75) is 26.0 Å². The van der Waals surface area contributed by atoms with Gasteiger partial charge in [-0.05, 0) is 48.2 Å². The van der Waals surface area contributed by atoms with E-state index in [1.165, 1.54) is 12.1 Å². The summed E-state index contributed by atoms with van der Waals surface area (Å²) in [5, 5.41) is 3.32. The van der Waals surface area contributed by atoms with Crippen molar-refractivity contribution in [3.63, 3.8) is 0 Å². The Morgan fingerprint density at radius 3 is 2.65 bits per heavy atom. The maximum Gasteiger partial charge on any atom is 0.387 e. The van der Waals surface area contributed by atoms with Crippen molar-refractivity contribution >= 4 is 24.0 Å². The molecule has 1 amide bonds. The number of benzene rings is 2. The van der Waals surface area contributed by atoms with Gasteiger partial charge in [0.05, 0.1) is 0 Å². The summed E-state index contributed by atoms with van der Waals surface area (Å²) >= 11 is 0. The number of nitrogens with zero attached hydrogens (tertiary/aromatic N) is 1. The van der Waals surface area contributed by atoms with Gasteiger partial charge in [-0.3, -0.25) is 4.79 Å². The molecule has 0 aromatic heterocycles. The van der Waals surface area contributed by atoms with E-state index in [-0.39, 0.29) is 24.1 Å². The second-order valence-electron chi connectivity index (χ2n) is 6.05. The normalized spacial score (nSPS) is 12.6. The van der Waals surface area contributed by atoms with Crippen molar-refractivity contribution in [1.82, 2.24) is 4.90 Å². The average Bonchev–Trinajstić information content (AvgIpc) is 2.62. The van der Waals surface area contributed by atoms with Gasteiger partial charge in [-0.1, -0.05) is 18.2 Å². The molecule has 0 aliphatic carbocycles. The standard InChI is InChI=1S/C19H20F2N2O2.ClH/c1-23(12-13-7-9-14(10-8-13)25-19(20)21)18(24)16-4-2-6-17-15(16)5-3-11-22-17;/h2,4,6-10,19,22H,3,5,11-12H2,1H3;1H. The van der Waals surface area contributed by atoms with Crippen LogP contribution in [-0.4, -0.2) is 31.0 Å². The Morgan fingerprint density at radius 1 is 1.23 bits per heavy atom. The third-order valence-electron chi connectivity index (χ3n) is 4.24. The summed E-state index contributed by atoms with van der Waals surface area (Å²) in [6.07, 6.45) is 1.89. The van der Waals surface area contributed by atoms with E-state index in [1.807, 2.05) is 18.2 Å². The lowest BCUT2D eigenvalue weighted by Gasteiger charge is -2.23. The van der Waals surface area contributed by atoms with Crippen LogP contribution in [0.5, 0.6) is 5.75 Å². The largest absolute Gasteiger partial charge is 0.435 e. The maximum absolute atomic E-state index is 12.8. The molecule has 1 aliphatic heterocycles. The number of amides is 1. The van der Waals surface area contributed by atoms with Gasteiger partial charge in [-0.15, -0.1) is 12.4 Å². The molecule has 0 spiro atoms. The molecule has 1 aliphatic rings. The fourth-order valence-corrected chi connectivity index (χ4v) is 3.04. The lowest BCUT2D eigenvalue weighted by molar-refractivity contribution is -0.0498. The topological polar surface area (TPSA) is 41.6 Å². The number of carbonyl (C=O) groups is 1. The van der Waals surface area contributed by atoms with E-state index in [2.05, 4.69) is 10.1 Å². The number of hydrogen-bond acceptors (Lipinski definition) is 3. The zero-order valence-corrected chi connectivity index (χ0v) is 15.2. The number of anilines is 1. The van der Waals surface area contributed by atoms with Gasteiger partial charge >= 0.3 is 6.61 Å². The Hall–Kier alpha value is -2.34. The third-order valence-corrected chi connectivity index (χ3v) is 4.24. The Bertz CT molecular complexity index is 754. The van der Waals surface area contributed by atoms with E-state index in [0.717, 1.165) is 36.2 Å². The summed E-state index contributed by atoms with van der Waals surface area (Å²) in [6, 6.07) is 12.1. The third kappa shape index (κ3) is 4.64. The average molecular weight is 383 g/mol. The molecule has 1 heterocycles. The van der Waals surface area contributed by atoms with E-state index in [1.54, 1.807) is 24.1 Å². The van der Waals surface area contributed by atoms with E-state index < -0.39 is 6.61 Å². The molecule has 7 heteroatoms. The second kappa shape index (κ2) is 8.85. The van der Waals surface area contributed by atoms with Gasteiger partial charge in [0.25, 0.3) is 5.91 Å². The van der Waals surface area contributed by atoms with Gasteiger partial charge in [0.1, 0.15) is 5.75 Å². The van der Waals surface area contributed by atoms with Gasteiger partial charge in [0.2, 0.25) is 0 Å². The SMILES string of the molecule is CN(Cc1ccc(OC(F)F)cc1)C(=O)c1cccc2c1CCCN2.Cl. The minimum atomic E-state index is -2.84. The molecule has 0 fully saturated rings. The van der Waals surface area contributed by atoms with Crippen LogP contribution in [0.25, 0.3) is 0 Å². The van der Waals surface area contributed by atoms with Crippen LogP contribution < -0.4 is 10.1 Å². The molecule has 4 nitrogen and oxygen atoms in total. The molecular formula is C19H21ClF2N2O2. The number of fused-ring (bicyclic) bond motifs is 1. The lowest BCUT2D eigenvalue weighted by Crippen LogP contribution is -2.28. The van der Waals surface area contributed by atoms with Crippen molar-refractivity contribution in [1.29, 1.82) is 0 Å². The molecule has 0 unspecified atom stereocenters. The van der Waals surface area contributed by atoms with Crippen LogP contribution in [0.15, 0.2) is 42.5 Å². The van der Waals surface area contributed by atoms with Crippen LogP contribution in [0, 0.1) is 0 Å². The lowest BCUT2D eigenvalue weighted by atomic mass is 9.97. The highest BCUT2D eigenvalue weighted by atomic mass is 35.5. The number of alkyl halides is 2. The molecule has 0 saturated heterocycles. The smallest absolute Gasteiger partial charge is 0.387 e. The number of rotatable bonds is 5. The molecule has 140 valence electrons. The summed E-state index contributed by atoms with van der Waals surface area (Å²) in [5.74, 6) is 0.0596. The van der Waals surface area contributed by atoms with Crippen LogP contribution in [0.4, 0.5) is 14.5 Å². The van der Waals surface area contributed by atoms with E-state index in [9.17, 15) is 13.6 Å². The Labute approximate surface area is 157 Å². The monoisotopic (exact) mass is 382 g/mol. The van der Waals surface area contributed by atoms with Crippen LogP contribution in [-0.2, 0) is 13.0 Å². The van der Waals surface area contributed by atoms with Gasteiger partial charge in [0, 0.05) is 31.4 Å². The van der Waals surface area contributed by atoms with Crippen molar-refractivity contribution < 1.29 is 18.3 Å². The highest BCUT2D eigenvalue weighted by Gasteiger charge is 2.20. The van der Waals surface area contributed by atoms with E-state index >= 15 is 0 Å². The van der Waals surface area contributed by atoms with Crippen LogP contribution in [0.1, 0.15) is 27.9 Å². The number of ether oxygens (including phenoxy) is 1. The predicted octanol–water partition coefficient (Wildman–Crippen LogP) is 4.34.